The first-order valence-electron chi connectivity index (χ1n) is 48.3. The predicted molar refractivity (Wildman–Crippen MR) is 604 cm³/mol. The van der Waals surface area contributed by atoms with Crippen molar-refractivity contribution in [1.82, 2.24) is 13.7 Å². The van der Waals surface area contributed by atoms with E-state index >= 15 is 0 Å². The SMILES string of the molecule is Cc1ccc2c(c1)c1cc(C)ccc1n2-c1cccc2c1oc1c(-c3ccccc3)ccc(-c3ccc4c(c3)sc3ccccc34)c12.Cc1ccc2c(c1)c1cc(C)ccc1n2-c1cccc2c1oc1c(-c3ccccc3)ccc(-c3ccc4sc5ccccc5c4c3)c12.Cc1ccc2c(c1)c1cc(C)ccc1n2-c1cccc2c1oc1c(-c3ccccc3)ccc(-c3cccc4c3sc3ccccc34)c12. The van der Waals surface area contributed by atoms with Gasteiger partial charge in [0.1, 0.15) is 16.7 Å². The van der Waals surface area contributed by atoms with Gasteiger partial charge in [-0.05, 0) is 232 Å². The number of fused-ring (bicyclic) bond motifs is 27. The number of hydrogen-bond acceptors (Lipinski definition) is 6. The number of furan rings is 3. The van der Waals surface area contributed by atoms with Crippen molar-refractivity contribution >= 4 is 226 Å². The van der Waals surface area contributed by atoms with Gasteiger partial charge in [-0.15, -0.1) is 34.0 Å². The summed E-state index contributed by atoms with van der Waals surface area (Å²) < 4.78 is 36.4. The van der Waals surface area contributed by atoms with E-state index in [1.165, 1.54) is 193 Å². The van der Waals surface area contributed by atoms with Gasteiger partial charge in [0.2, 0.25) is 0 Å². The first-order chi connectivity index (χ1) is 69.4. The summed E-state index contributed by atoms with van der Waals surface area (Å²) in [5, 5.41) is 22.2. The van der Waals surface area contributed by atoms with Crippen LogP contribution in [0.4, 0.5) is 0 Å². The minimum Gasteiger partial charge on any atom is -0.453 e. The van der Waals surface area contributed by atoms with E-state index in [0.29, 0.717) is 0 Å². The molecule has 0 N–H and O–H groups in total. The van der Waals surface area contributed by atoms with Crippen molar-refractivity contribution in [2.75, 3.05) is 0 Å². The molecule has 30 aromatic rings. The molecule has 666 valence electrons. The quantitative estimate of drug-likeness (QED) is 0.145. The van der Waals surface area contributed by atoms with Gasteiger partial charge in [-0.1, -0.05) is 306 Å². The average Bonchev–Trinajstić information content (AvgIpc) is 1.57. The molecule has 0 amide bonds. The largest absolute Gasteiger partial charge is 0.453 e. The van der Waals surface area contributed by atoms with Gasteiger partial charge < -0.3 is 27.0 Å². The fourth-order valence-electron chi connectivity index (χ4n) is 22.7. The molecule has 9 aromatic heterocycles. The second kappa shape index (κ2) is 32.4. The lowest BCUT2D eigenvalue weighted by Gasteiger charge is -2.10. The summed E-state index contributed by atoms with van der Waals surface area (Å²) in [4.78, 5) is 0. The first-order valence-corrected chi connectivity index (χ1v) is 50.7. The Balaban J connectivity index is 0.000000104. The molecule has 0 aliphatic carbocycles. The lowest BCUT2D eigenvalue weighted by atomic mass is 9.94. The van der Waals surface area contributed by atoms with Crippen LogP contribution >= 0.6 is 34.0 Å². The third-order valence-electron chi connectivity index (χ3n) is 29.2. The van der Waals surface area contributed by atoms with Crippen LogP contribution in [-0.4, -0.2) is 13.7 Å². The van der Waals surface area contributed by atoms with Crippen molar-refractivity contribution in [2.24, 2.45) is 0 Å². The number of para-hydroxylation sites is 3. The molecule has 0 aliphatic heterocycles. The number of aromatic nitrogens is 3. The molecule has 9 heterocycles. The second-order valence-electron chi connectivity index (χ2n) is 38.0. The maximum absolute atomic E-state index is 7.15. The third kappa shape index (κ3) is 13.1. The van der Waals surface area contributed by atoms with E-state index in [-0.39, 0.29) is 0 Å². The lowest BCUT2D eigenvalue weighted by Crippen LogP contribution is -1.94. The highest BCUT2D eigenvalue weighted by Crippen LogP contribution is 2.53. The van der Waals surface area contributed by atoms with E-state index in [1.807, 2.05) is 34.0 Å². The van der Waals surface area contributed by atoms with Gasteiger partial charge in [0.15, 0.2) is 16.7 Å². The minimum absolute atomic E-state index is 0.897. The van der Waals surface area contributed by atoms with Crippen molar-refractivity contribution in [1.29, 1.82) is 0 Å². The van der Waals surface area contributed by atoms with Crippen molar-refractivity contribution in [2.45, 2.75) is 41.5 Å². The highest BCUT2D eigenvalue weighted by molar-refractivity contribution is 7.27. The van der Waals surface area contributed by atoms with Crippen LogP contribution in [0.15, 0.2) is 432 Å². The van der Waals surface area contributed by atoms with Crippen molar-refractivity contribution in [3.63, 3.8) is 0 Å². The summed E-state index contributed by atoms with van der Waals surface area (Å²) in [5.74, 6) is 0. The van der Waals surface area contributed by atoms with Crippen LogP contribution in [-0.2, 0) is 0 Å². The summed E-state index contributed by atoms with van der Waals surface area (Å²) in [5.41, 5.74) is 37.2. The zero-order chi connectivity index (χ0) is 93.7. The fraction of sp³-hybridized carbons (Fsp3) is 0.0455. The maximum Gasteiger partial charge on any atom is 0.159 e. The summed E-state index contributed by atoms with van der Waals surface area (Å²) in [7, 11) is 0. The average molecular weight is 1860 g/mol. The maximum atomic E-state index is 7.15. The van der Waals surface area contributed by atoms with Crippen LogP contribution in [0.3, 0.4) is 0 Å². The van der Waals surface area contributed by atoms with Crippen LogP contribution < -0.4 is 0 Å². The van der Waals surface area contributed by atoms with Gasteiger partial charge in [0, 0.05) is 147 Å². The second-order valence-corrected chi connectivity index (χ2v) is 41.2. The molecule has 9 heteroatoms. The Morgan fingerprint density at radius 2 is 0.454 bits per heavy atom. The predicted octanol–water partition coefficient (Wildman–Crippen LogP) is 39.0. The van der Waals surface area contributed by atoms with Crippen LogP contribution in [0.1, 0.15) is 33.4 Å². The van der Waals surface area contributed by atoms with Gasteiger partial charge >= 0.3 is 0 Å². The molecular formula is C132H87N3O3S3. The summed E-state index contributed by atoms with van der Waals surface area (Å²) in [6.07, 6.45) is 0. The molecule has 0 atom stereocenters. The Bertz CT molecular complexity index is 10300. The first kappa shape index (κ1) is 82.3. The molecule has 6 nitrogen and oxygen atoms in total. The van der Waals surface area contributed by atoms with Gasteiger partial charge in [-0.3, -0.25) is 0 Å². The van der Waals surface area contributed by atoms with Gasteiger partial charge in [-0.2, -0.15) is 0 Å². The molecule has 0 saturated carbocycles. The van der Waals surface area contributed by atoms with Gasteiger partial charge in [0.05, 0.1) is 50.2 Å². The van der Waals surface area contributed by atoms with Crippen LogP contribution in [0.5, 0.6) is 0 Å². The van der Waals surface area contributed by atoms with Crippen LogP contribution in [0.25, 0.3) is 276 Å². The van der Waals surface area contributed by atoms with E-state index < -0.39 is 0 Å². The monoisotopic (exact) mass is 1860 g/mol. The number of aryl methyl sites for hydroxylation is 6. The van der Waals surface area contributed by atoms with Crippen LogP contribution in [0, 0.1) is 41.5 Å². The number of benzene rings is 21. The number of rotatable bonds is 9. The molecule has 141 heavy (non-hydrogen) atoms. The van der Waals surface area contributed by atoms with E-state index in [4.69, 9.17) is 13.3 Å². The molecule has 0 unspecified atom stereocenters. The van der Waals surface area contributed by atoms with Gasteiger partial charge in [0.25, 0.3) is 0 Å². The van der Waals surface area contributed by atoms with E-state index in [1.54, 1.807) is 0 Å². The molecule has 21 aromatic carbocycles. The lowest BCUT2D eigenvalue weighted by molar-refractivity contribution is 0.667. The molecule has 0 radical (unpaired) electrons. The summed E-state index contributed by atoms with van der Waals surface area (Å²) >= 11 is 5.59. The molecule has 0 fully saturated rings. The zero-order valence-electron chi connectivity index (χ0n) is 78.1. The minimum atomic E-state index is 0.897. The fourth-order valence-corrected chi connectivity index (χ4v) is 26.2. The van der Waals surface area contributed by atoms with Crippen molar-refractivity contribution < 1.29 is 13.3 Å². The zero-order valence-corrected chi connectivity index (χ0v) is 80.6. The Kier molecular flexibility index (Phi) is 18.9. The van der Waals surface area contributed by atoms with E-state index in [9.17, 15) is 0 Å². The molecule has 0 spiro atoms. The number of hydrogen-bond donors (Lipinski definition) is 0. The Morgan fingerprint density at radius 1 is 0.163 bits per heavy atom. The molecular weight excluding hydrogens is 1770 g/mol. The Morgan fingerprint density at radius 3 is 0.858 bits per heavy atom. The van der Waals surface area contributed by atoms with Crippen LogP contribution in [0.2, 0.25) is 0 Å². The molecule has 0 bridgehead atoms. The normalized spacial score (nSPS) is 12.0. The number of nitrogens with zero attached hydrogens (tertiary/aromatic N) is 3. The summed E-state index contributed by atoms with van der Waals surface area (Å²) in [6, 6.07) is 153. The van der Waals surface area contributed by atoms with Crippen molar-refractivity contribution in [3.05, 3.63) is 452 Å². The molecule has 30 rings (SSSR count). The standard InChI is InChI=1S/3C44H29NOS/c1-26-18-22-37-35(24-26)36-25-27(2)19-23-38(36)45(37)39-16-9-15-34-41-31(21-20-29(43(41)46-42(34)39)28-10-4-3-5-11-28)33-14-8-13-32-30-12-6-7-17-40(30)47-44(32)33;1-26-15-20-37-34(23-26)35-24-27(2)16-21-38(35)45(37)39-13-8-12-33-42-30(18-19-31(44(42)46-43(33)39)28-9-4-3-5-10-28)29-17-22-41-36(25-29)32-11-6-7-14-40(32)47-41;1-26-15-21-37-35(23-26)36-24-27(2)16-22-38(36)45(37)39-13-8-12-34-42-30(19-20-31(44(42)46-43(34)39)28-9-4-3-5-10-28)29-17-18-33-32-11-6-7-14-40(32)47-41(33)25-29/h3*3-25H,1-2H3. The summed E-state index contributed by atoms with van der Waals surface area (Å²) in [6.45, 7) is 13.0. The van der Waals surface area contributed by atoms with Crippen molar-refractivity contribution in [3.8, 4) is 83.8 Å². The Hall–Kier alpha value is -16.9. The molecule has 0 saturated heterocycles. The highest BCUT2D eigenvalue weighted by Gasteiger charge is 2.29. The Labute approximate surface area is 823 Å². The van der Waals surface area contributed by atoms with Gasteiger partial charge in [-0.25, -0.2) is 0 Å². The van der Waals surface area contributed by atoms with E-state index in [2.05, 4.69) is 474 Å². The van der Waals surface area contributed by atoms with E-state index in [0.717, 1.165) is 116 Å². The number of thiophene rings is 3. The smallest absolute Gasteiger partial charge is 0.159 e. The topological polar surface area (TPSA) is 54.2 Å². The third-order valence-corrected chi connectivity index (χ3v) is 32.7. The molecule has 0 aliphatic rings. The highest BCUT2D eigenvalue weighted by atomic mass is 32.1.